The van der Waals surface area contributed by atoms with E-state index in [1.54, 1.807) is 6.07 Å². The topological polar surface area (TPSA) is 63.2 Å². The van der Waals surface area contributed by atoms with Gasteiger partial charge in [0.15, 0.2) is 5.78 Å². The Kier molecular flexibility index (Phi) is 4.30. The van der Waals surface area contributed by atoms with Crippen LogP contribution in [0.15, 0.2) is 42.5 Å². The van der Waals surface area contributed by atoms with Crippen LogP contribution in [-0.4, -0.2) is 23.5 Å². The second-order valence-corrected chi connectivity index (χ2v) is 8.98. The number of hydrogen-bond acceptors (Lipinski definition) is 3. The third-order valence-corrected chi connectivity index (χ3v) is 7.19. The zero-order valence-electron chi connectivity index (χ0n) is 15.9. The van der Waals surface area contributed by atoms with Gasteiger partial charge in [-0.25, -0.2) is 0 Å². The molecule has 2 aromatic rings. The summed E-state index contributed by atoms with van der Waals surface area (Å²) >= 11 is 0. The van der Waals surface area contributed by atoms with Gasteiger partial charge in [0.2, 0.25) is 5.78 Å². The molecule has 4 fully saturated rings. The molecule has 4 bridgehead atoms. The Balaban J connectivity index is 1.26. The average molecular weight is 375 g/mol. The van der Waals surface area contributed by atoms with Crippen molar-refractivity contribution in [2.45, 2.75) is 44.6 Å². The van der Waals surface area contributed by atoms with Crippen molar-refractivity contribution in [1.29, 1.82) is 0 Å². The molecule has 4 aliphatic rings. The van der Waals surface area contributed by atoms with Gasteiger partial charge in [0, 0.05) is 11.6 Å². The zero-order valence-corrected chi connectivity index (χ0v) is 15.9. The fraction of sp³-hybridized carbons (Fsp3) is 0.458. The first-order valence-corrected chi connectivity index (χ1v) is 10.4. The maximum atomic E-state index is 12.7. The molecular formula is C24H25NO3. The predicted molar refractivity (Wildman–Crippen MR) is 107 cm³/mol. The fourth-order valence-electron chi connectivity index (χ4n) is 6.18. The van der Waals surface area contributed by atoms with E-state index in [-0.39, 0.29) is 18.2 Å². The number of benzene rings is 2. The highest BCUT2D eigenvalue weighted by Gasteiger charge is 2.48. The minimum atomic E-state index is -0.619. The first kappa shape index (κ1) is 17.6. The van der Waals surface area contributed by atoms with Crippen LogP contribution in [0.25, 0.3) is 10.8 Å². The smallest absolute Gasteiger partial charge is 0.288 e. The van der Waals surface area contributed by atoms with Crippen molar-refractivity contribution >= 4 is 28.2 Å². The Hall–Kier alpha value is -2.49. The van der Waals surface area contributed by atoms with Crippen molar-refractivity contribution in [3.63, 3.8) is 0 Å². The van der Waals surface area contributed by atoms with E-state index in [1.165, 1.54) is 32.1 Å². The summed E-state index contributed by atoms with van der Waals surface area (Å²) in [4.78, 5) is 37.8. The van der Waals surface area contributed by atoms with Crippen LogP contribution in [0.1, 0.15) is 48.9 Å². The third-order valence-electron chi connectivity index (χ3n) is 7.19. The standard InChI is InChI=1S/C24H25NO3/c26-21(20-7-3-5-16-4-1-2-6-19(16)20)13-22(27)24(28)25-23-17-9-14-8-15(11-17)12-18(23)10-14/h1-7,14-15,17-18,23H,8-13H2,(H,25,28). The summed E-state index contributed by atoms with van der Waals surface area (Å²) in [6.45, 7) is 0. The number of amides is 1. The number of hydrogen-bond donors (Lipinski definition) is 1. The van der Waals surface area contributed by atoms with E-state index in [1.807, 2.05) is 36.4 Å². The summed E-state index contributed by atoms with van der Waals surface area (Å²) in [5.41, 5.74) is 0.508. The molecule has 0 aliphatic heterocycles. The molecule has 0 saturated heterocycles. The minimum Gasteiger partial charge on any atom is -0.346 e. The number of rotatable bonds is 5. The summed E-state index contributed by atoms with van der Waals surface area (Å²) in [5, 5.41) is 4.80. The Morgan fingerprint density at radius 1 is 0.821 bits per heavy atom. The largest absolute Gasteiger partial charge is 0.346 e. The highest BCUT2D eigenvalue weighted by Crippen LogP contribution is 2.53. The van der Waals surface area contributed by atoms with E-state index in [0.717, 1.165) is 22.6 Å². The van der Waals surface area contributed by atoms with E-state index in [2.05, 4.69) is 5.32 Å². The Labute approximate surface area is 164 Å². The quantitative estimate of drug-likeness (QED) is 0.489. The minimum absolute atomic E-state index is 0.122. The molecule has 0 unspecified atom stereocenters. The summed E-state index contributed by atoms with van der Waals surface area (Å²) in [7, 11) is 0. The molecule has 0 radical (unpaired) electrons. The second kappa shape index (κ2) is 6.84. The average Bonchev–Trinajstić information content (AvgIpc) is 2.69. The summed E-state index contributed by atoms with van der Waals surface area (Å²) in [6.07, 6.45) is 5.71. The molecule has 0 spiro atoms. The van der Waals surface area contributed by atoms with Gasteiger partial charge in [-0.05, 0) is 66.5 Å². The molecule has 2 aromatic carbocycles. The van der Waals surface area contributed by atoms with Crippen molar-refractivity contribution in [3.05, 3.63) is 48.0 Å². The van der Waals surface area contributed by atoms with Crippen LogP contribution in [0.5, 0.6) is 0 Å². The lowest BCUT2D eigenvalue weighted by Gasteiger charge is -2.54. The number of carbonyl (C=O) groups is 3. The van der Waals surface area contributed by atoms with Gasteiger partial charge in [0.25, 0.3) is 5.91 Å². The highest BCUT2D eigenvalue weighted by atomic mass is 16.2. The van der Waals surface area contributed by atoms with Crippen molar-refractivity contribution in [2.75, 3.05) is 0 Å². The molecule has 0 heterocycles. The molecule has 0 atom stereocenters. The van der Waals surface area contributed by atoms with Gasteiger partial charge in [-0.15, -0.1) is 0 Å². The molecular weight excluding hydrogens is 350 g/mol. The molecule has 4 nitrogen and oxygen atoms in total. The predicted octanol–water partition coefficient (Wildman–Crippen LogP) is 3.92. The van der Waals surface area contributed by atoms with Crippen molar-refractivity contribution in [3.8, 4) is 0 Å². The zero-order chi connectivity index (χ0) is 19.3. The maximum absolute atomic E-state index is 12.7. The van der Waals surface area contributed by atoms with Crippen molar-refractivity contribution < 1.29 is 14.4 Å². The van der Waals surface area contributed by atoms with Crippen LogP contribution in [0.2, 0.25) is 0 Å². The van der Waals surface area contributed by atoms with Crippen LogP contribution < -0.4 is 5.32 Å². The maximum Gasteiger partial charge on any atom is 0.288 e. The lowest BCUT2D eigenvalue weighted by Crippen LogP contribution is -2.56. The third kappa shape index (κ3) is 3.05. The number of carbonyl (C=O) groups excluding carboxylic acids is 3. The SMILES string of the molecule is O=C(CC(=O)c1cccc2ccccc12)C(=O)NC1C2CC3CC(C2)CC1C3. The highest BCUT2D eigenvalue weighted by molar-refractivity contribution is 6.40. The molecule has 4 aliphatic carbocycles. The lowest BCUT2D eigenvalue weighted by molar-refractivity contribution is -0.139. The van der Waals surface area contributed by atoms with Crippen LogP contribution >= 0.6 is 0 Å². The molecule has 28 heavy (non-hydrogen) atoms. The fourth-order valence-corrected chi connectivity index (χ4v) is 6.18. The van der Waals surface area contributed by atoms with Gasteiger partial charge in [0.1, 0.15) is 0 Å². The monoisotopic (exact) mass is 375 g/mol. The van der Waals surface area contributed by atoms with Gasteiger partial charge < -0.3 is 5.32 Å². The Morgan fingerprint density at radius 3 is 2.18 bits per heavy atom. The molecule has 1 amide bonds. The van der Waals surface area contributed by atoms with Gasteiger partial charge in [-0.2, -0.15) is 0 Å². The molecule has 6 rings (SSSR count). The van der Waals surface area contributed by atoms with E-state index in [9.17, 15) is 14.4 Å². The normalized spacial score (nSPS) is 30.4. The molecule has 1 N–H and O–H groups in total. The summed E-state index contributed by atoms with van der Waals surface area (Å²) in [5.74, 6) is 1.18. The number of ketones is 2. The molecule has 4 heteroatoms. The van der Waals surface area contributed by atoms with E-state index in [4.69, 9.17) is 0 Å². The Morgan fingerprint density at radius 2 is 1.46 bits per heavy atom. The summed E-state index contributed by atoms with van der Waals surface area (Å²) in [6, 6.07) is 13.2. The lowest BCUT2D eigenvalue weighted by atomic mass is 9.54. The van der Waals surface area contributed by atoms with E-state index in [0.29, 0.717) is 17.4 Å². The van der Waals surface area contributed by atoms with Gasteiger partial charge in [-0.3, -0.25) is 14.4 Å². The van der Waals surface area contributed by atoms with Crippen molar-refractivity contribution in [1.82, 2.24) is 5.32 Å². The van der Waals surface area contributed by atoms with Gasteiger partial charge >= 0.3 is 0 Å². The summed E-state index contributed by atoms with van der Waals surface area (Å²) < 4.78 is 0. The Bertz CT molecular complexity index is 930. The number of fused-ring (bicyclic) bond motifs is 1. The van der Waals surface area contributed by atoms with Crippen LogP contribution in [0, 0.1) is 23.7 Å². The first-order chi connectivity index (χ1) is 13.6. The first-order valence-electron chi connectivity index (χ1n) is 10.4. The molecule has 144 valence electrons. The number of Topliss-reactive ketones (excluding diaryl/α,β-unsaturated/α-hetero) is 2. The van der Waals surface area contributed by atoms with Crippen molar-refractivity contribution in [2.24, 2.45) is 23.7 Å². The van der Waals surface area contributed by atoms with E-state index < -0.39 is 11.7 Å². The van der Waals surface area contributed by atoms with Crippen LogP contribution in [-0.2, 0) is 9.59 Å². The molecule has 4 saturated carbocycles. The van der Waals surface area contributed by atoms with E-state index >= 15 is 0 Å². The molecule has 0 aromatic heterocycles. The van der Waals surface area contributed by atoms with Crippen LogP contribution in [0.4, 0.5) is 0 Å². The second-order valence-electron chi connectivity index (χ2n) is 8.98. The van der Waals surface area contributed by atoms with Gasteiger partial charge in [0.05, 0.1) is 6.42 Å². The number of nitrogens with one attached hydrogen (secondary N) is 1. The van der Waals surface area contributed by atoms with Crippen LogP contribution in [0.3, 0.4) is 0 Å². The van der Waals surface area contributed by atoms with Gasteiger partial charge in [-0.1, -0.05) is 42.5 Å².